The second-order valence-electron chi connectivity index (χ2n) is 4.64. The van der Waals surface area contributed by atoms with Crippen molar-refractivity contribution in [1.82, 2.24) is 0 Å². The number of rotatable bonds is 5. The zero-order valence-corrected chi connectivity index (χ0v) is 12.0. The quantitative estimate of drug-likeness (QED) is 0.625. The molecule has 0 N–H and O–H groups in total. The van der Waals surface area contributed by atoms with Gasteiger partial charge in [-0.2, -0.15) is 0 Å². The van der Waals surface area contributed by atoms with Gasteiger partial charge in [-0.25, -0.2) is 4.79 Å². The van der Waals surface area contributed by atoms with E-state index in [2.05, 4.69) is 4.74 Å². The van der Waals surface area contributed by atoms with Crippen LogP contribution in [0, 0.1) is 6.92 Å². The number of carbonyl (C=O) groups excluding carboxylic acids is 2. The molecule has 4 nitrogen and oxygen atoms in total. The summed E-state index contributed by atoms with van der Waals surface area (Å²) < 4.78 is 10.3. The number of benzene rings is 2. The molecule has 0 spiro atoms. The van der Waals surface area contributed by atoms with Crippen LogP contribution in [0.25, 0.3) is 0 Å². The first kappa shape index (κ1) is 14.8. The Hall–Kier alpha value is -2.62. The predicted molar refractivity (Wildman–Crippen MR) is 78.7 cm³/mol. The van der Waals surface area contributed by atoms with Crippen molar-refractivity contribution >= 4 is 12.3 Å². The zero-order chi connectivity index (χ0) is 15.2. The minimum absolute atomic E-state index is 0.325. The molecule has 0 amide bonds. The molecule has 0 atom stereocenters. The van der Waals surface area contributed by atoms with Crippen LogP contribution in [-0.4, -0.2) is 19.4 Å². The highest BCUT2D eigenvalue weighted by Crippen LogP contribution is 2.19. The van der Waals surface area contributed by atoms with Crippen LogP contribution in [-0.2, 0) is 11.3 Å². The third-order valence-corrected chi connectivity index (χ3v) is 3.06. The van der Waals surface area contributed by atoms with Crippen molar-refractivity contribution in [2.45, 2.75) is 13.5 Å². The van der Waals surface area contributed by atoms with Crippen LogP contribution in [0.1, 0.15) is 31.8 Å². The third-order valence-electron chi connectivity index (χ3n) is 3.06. The van der Waals surface area contributed by atoms with Gasteiger partial charge in [0.05, 0.1) is 18.2 Å². The van der Waals surface area contributed by atoms with Crippen molar-refractivity contribution in [2.75, 3.05) is 7.11 Å². The molecule has 2 aromatic carbocycles. The summed E-state index contributed by atoms with van der Waals surface area (Å²) in [5, 5.41) is 0. The Morgan fingerprint density at radius 1 is 1.14 bits per heavy atom. The lowest BCUT2D eigenvalue weighted by atomic mass is 10.1. The fraction of sp³-hybridized carbons (Fsp3) is 0.176. The zero-order valence-electron chi connectivity index (χ0n) is 12.0. The molecule has 0 saturated heterocycles. The summed E-state index contributed by atoms with van der Waals surface area (Å²) in [5.74, 6) is 0.178. The molecule has 0 radical (unpaired) electrons. The Labute approximate surface area is 123 Å². The number of methoxy groups -OCH3 is 1. The largest absolute Gasteiger partial charge is 0.488 e. The summed E-state index contributed by atoms with van der Waals surface area (Å²) >= 11 is 0. The number of hydrogen-bond donors (Lipinski definition) is 0. The van der Waals surface area contributed by atoms with Gasteiger partial charge in [0.1, 0.15) is 12.4 Å². The molecule has 108 valence electrons. The Balaban J connectivity index is 2.06. The molecular weight excluding hydrogens is 268 g/mol. The fourth-order valence-corrected chi connectivity index (χ4v) is 1.91. The van der Waals surface area contributed by atoms with Gasteiger partial charge >= 0.3 is 5.97 Å². The van der Waals surface area contributed by atoms with Gasteiger partial charge in [0, 0.05) is 0 Å². The van der Waals surface area contributed by atoms with Gasteiger partial charge in [0.2, 0.25) is 0 Å². The van der Waals surface area contributed by atoms with E-state index in [1.165, 1.54) is 7.11 Å². The summed E-state index contributed by atoms with van der Waals surface area (Å²) in [5.41, 5.74) is 2.93. The van der Waals surface area contributed by atoms with E-state index >= 15 is 0 Å². The first-order chi connectivity index (χ1) is 10.1. The molecule has 2 rings (SSSR count). The Morgan fingerprint density at radius 3 is 2.48 bits per heavy atom. The molecular formula is C17H16O4. The molecule has 0 aromatic heterocycles. The lowest BCUT2D eigenvalue weighted by Crippen LogP contribution is -2.02. The van der Waals surface area contributed by atoms with Crippen LogP contribution >= 0.6 is 0 Å². The van der Waals surface area contributed by atoms with E-state index in [1.807, 2.05) is 13.0 Å². The topological polar surface area (TPSA) is 52.6 Å². The number of aldehydes is 1. The Bertz CT molecular complexity index is 644. The molecule has 0 unspecified atom stereocenters. The van der Waals surface area contributed by atoms with Crippen molar-refractivity contribution in [3.8, 4) is 5.75 Å². The summed E-state index contributed by atoms with van der Waals surface area (Å²) in [6, 6.07) is 12.4. The SMILES string of the molecule is COC(=O)c1ccc(COc2ccc(C)cc2C=O)cc1. The second kappa shape index (κ2) is 6.70. The summed E-state index contributed by atoms with van der Waals surface area (Å²) in [6.45, 7) is 2.24. The van der Waals surface area contributed by atoms with Crippen LogP contribution in [0.4, 0.5) is 0 Å². The van der Waals surface area contributed by atoms with Gasteiger partial charge in [-0.15, -0.1) is 0 Å². The molecule has 0 fully saturated rings. The predicted octanol–water partition coefficient (Wildman–Crippen LogP) is 3.17. The highest BCUT2D eigenvalue weighted by atomic mass is 16.5. The molecule has 0 bridgehead atoms. The standard InChI is InChI=1S/C17H16O4/c1-12-3-8-16(15(9-12)10-18)21-11-13-4-6-14(7-5-13)17(19)20-2/h3-10H,11H2,1-2H3. The van der Waals surface area contributed by atoms with E-state index in [-0.39, 0.29) is 5.97 Å². The average Bonchev–Trinajstić information content (AvgIpc) is 2.53. The van der Waals surface area contributed by atoms with Crippen molar-refractivity contribution in [3.05, 3.63) is 64.7 Å². The van der Waals surface area contributed by atoms with E-state index in [1.54, 1.807) is 36.4 Å². The maximum atomic E-state index is 11.3. The Morgan fingerprint density at radius 2 is 1.86 bits per heavy atom. The number of hydrogen-bond acceptors (Lipinski definition) is 4. The first-order valence-corrected chi connectivity index (χ1v) is 6.50. The van der Waals surface area contributed by atoms with Crippen LogP contribution in [0.15, 0.2) is 42.5 Å². The molecule has 0 saturated carbocycles. The van der Waals surface area contributed by atoms with E-state index < -0.39 is 0 Å². The second-order valence-corrected chi connectivity index (χ2v) is 4.64. The molecule has 2 aromatic rings. The molecule has 0 aliphatic carbocycles. The van der Waals surface area contributed by atoms with Crippen LogP contribution in [0.5, 0.6) is 5.75 Å². The summed E-state index contributed by atoms with van der Waals surface area (Å²) in [4.78, 5) is 22.3. The van der Waals surface area contributed by atoms with Crippen molar-refractivity contribution in [2.24, 2.45) is 0 Å². The summed E-state index contributed by atoms with van der Waals surface area (Å²) in [6.07, 6.45) is 0.780. The van der Waals surface area contributed by atoms with Gasteiger partial charge in [-0.3, -0.25) is 4.79 Å². The smallest absolute Gasteiger partial charge is 0.337 e. The fourth-order valence-electron chi connectivity index (χ4n) is 1.91. The molecule has 4 heteroatoms. The van der Waals surface area contributed by atoms with Crippen LogP contribution in [0.2, 0.25) is 0 Å². The van der Waals surface area contributed by atoms with E-state index in [0.29, 0.717) is 23.5 Å². The number of esters is 1. The van der Waals surface area contributed by atoms with Crippen LogP contribution in [0.3, 0.4) is 0 Å². The van der Waals surface area contributed by atoms with Gasteiger partial charge in [0.15, 0.2) is 6.29 Å². The highest BCUT2D eigenvalue weighted by molar-refractivity contribution is 5.89. The molecule has 0 aliphatic rings. The third kappa shape index (κ3) is 3.69. The van der Waals surface area contributed by atoms with E-state index in [9.17, 15) is 9.59 Å². The monoisotopic (exact) mass is 284 g/mol. The molecule has 0 heterocycles. The lowest BCUT2D eigenvalue weighted by Gasteiger charge is -2.09. The highest BCUT2D eigenvalue weighted by Gasteiger charge is 2.06. The maximum absolute atomic E-state index is 11.3. The minimum atomic E-state index is -0.371. The van der Waals surface area contributed by atoms with Crippen LogP contribution < -0.4 is 4.74 Å². The number of carbonyl (C=O) groups is 2. The Kier molecular flexibility index (Phi) is 4.72. The minimum Gasteiger partial charge on any atom is -0.488 e. The molecule has 21 heavy (non-hydrogen) atoms. The van der Waals surface area contributed by atoms with E-state index in [4.69, 9.17) is 4.74 Å². The van der Waals surface area contributed by atoms with Crippen molar-refractivity contribution < 1.29 is 19.1 Å². The molecule has 0 aliphatic heterocycles. The van der Waals surface area contributed by atoms with Gasteiger partial charge < -0.3 is 9.47 Å². The lowest BCUT2D eigenvalue weighted by molar-refractivity contribution is 0.0600. The van der Waals surface area contributed by atoms with Crippen molar-refractivity contribution in [3.63, 3.8) is 0 Å². The maximum Gasteiger partial charge on any atom is 0.337 e. The van der Waals surface area contributed by atoms with Gasteiger partial charge in [-0.1, -0.05) is 23.8 Å². The van der Waals surface area contributed by atoms with Gasteiger partial charge in [-0.05, 0) is 36.8 Å². The van der Waals surface area contributed by atoms with Gasteiger partial charge in [0.25, 0.3) is 0 Å². The normalized spacial score (nSPS) is 10.0. The number of aryl methyl sites for hydroxylation is 1. The average molecular weight is 284 g/mol. The summed E-state index contributed by atoms with van der Waals surface area (Å²) in [7, 11) is 1.34. The van der Waals surface area contributed by atoms with E-state index in [0.717, 1.165) is 17.4 Å². The van der Waals surface area contributed by atoms with Crippen molar-refractivity contribution in [1.29, 1.82) is 0 Å². The first-order valence-electron chi connectivity index (χ1n) is 6.50. The number of ether oxygens (including phenoxy) is 2.